The van der Waals surface area contributed by atoms with E-state index in [2.05, 4.69) is 15.0 Å². The minimum absolute atomic E-state index is 0.106. The largest absolute Gasteiger partial charge is 0.378 e. The van der Waals surface area contributed by atoms with E-state index in [0.29, 0.717) is 45.0 Å². The van der Waals surface area contributed by atoms with Crippen LogP contribution in [0, 0.1) is 0 Å². The fourth-order valence-corrected chi connectivity index (χ4v) is 3.91. The van der Waals surface area contributed by atoms with Crippen LogP contribution in [-0.4, -0.2) is 93.9 Å². The number of carbonyl (C=O) groups is 2. The third kappa shape index (κ3) is 4.18. The number of rotatable bonds is 3. The molecule has 0 aliphatic carbocycles. The normalized spacial score (nSPS) is 18.7. The lowest BCUT2D eigenvalue weighted by molar-refractivity contribution is 0.0303. The average molecular weight is 390 g/mol. The van der Waals surface area contributed by atoms with Crippen molar-refractivity contribution in [3.05, 3.63) is 34.5 Å². The van der Waals surface area contributed by atoms with Gasteiger partial charge < -0.3 is 14.5 Å². The summed E-state index contributed by atoms with van der Waals surface area (Å²) in [5.74, 6) is -0.106. The number of amides is 2. The van der Waals surface area contributed by atoms with E-state index >= 15 is 0 Å². The van der Waals surface area contributed by atoms with Crippen molar-refractivity contribution in [1.82, 2.24) is 29.5 Å². The highest BCUT2D eigenvalue weighted by Gasteiger charge is 2.25. The number of carbonyl (C=O) groups excluding carboxylic acids is 2. The van der Waals surface area contributed by atoms with Gasteiger partial charge in [-0.2, -0.15) is 9.78 Å². The number of hydrogen-bond acceptors (Lipinski definition) is 7. The van der Waals surface area contributed by atoms with E-state index < -0.39 is 0 Å². The van der Waals surface area contributed by atoms with E-state index in [-0.39, 0.29) is 11.9 Å². The Morgan fingerprint density at radius 3 is 2.56 bits per heavy atom. The monoisotopic (exact) mass is 390 g/mol. The van der Waals surface area contributed by atoms with Crippen LogP contribution in [0.4, 0.5) is 4.79 Å². The second-order valence-corrected chi connectivity index (χ2v) is 7.53. The minimum Gasteiger partial charge on any atom is -0.378 e. The summed E-state index contributed by atoms with van der Waals surface area (Å²) in [4.78, 5) is 35.3. The van der Waals surface area contributed by atoms with Gasteiger partial charge in [0.2, 0.25) is 0 Å². The van der Waals surface area contributed by atoms with Gasteiger partial charge in [0.05, 0.1) is 31.5 Å². The molecule has 2 aliphatic heterocycles. The van der Waals surface area contributed by atoms with Gasteiger partial charge >= 0.3 is 6.03 Å². The van der Waals surface area contributed by atoms with Crippen molar-refractivity contribution in [3.8, 4) is 0 Å². The number of thiazole rings is 1. The Bertz CT molecular complexity index is 778. The maximum Gasteiger partial charge on any atom is 0.344 e. The Labute approximate surface area is 161 Å². The van der Waals surface area contributed by atoms with E-state index in [0.717, 1.165) is 24.6 Å². The van der Waals surface area contributed by atoms with Crippen molar-refractivity contribution in [3.63, 3.8) is 0 Å². The number of aromatic nitrogens is 3. The van der Waals surface area contributed by atoms with E-state index in [1.165, 1.54) is 17.1 Å². The summed E-state index contributed by atoms with van der Waals surface area (Å²) >= 11 is 1.65. The molecular weight excluding hydrogens is 368 g/mol. The first-order chi connectivity index (χ1) is 13.2. The third-order valence-electron chi connectivity index (χ3n) is 4.81. The predicted molar refractivity (Wildman–Crippen MR) is 98.7 cm³/mol. The van der Waals surface area contributed by atoms with Gasteiger partial charge in [-0.05, 0) is 0 Å². The van der Waals surface area contributed by atoms with Gasteiger partial charge in [-0.1, -0.05) is 0 Å². The summed E-state index contributed by atoms with van der Waals surface area (Å²) < 4.78 is 6.54. The van der Waals surface area contributed by atoms with Crippen LogP contribution in [0.5, 0.6) is 0 Å². The maximum absolute atomic E-state index is 12.7. The van der Waals surface area contributed by atoms with Gasteiger partial charge in [-0.25, -0.2) is 9.78 Å². The number of nitrogens with zero attached hydrogens (tertiary/aromatic N) is 6. The fourth-order valence-electron chi connectivity index (χ4n) is 3.25. The highest BCUT2D eigenvalue weighted by Crippen LogP contribution is 2.12. The van der Waals surface area contributed by atoms with E-state index in [9.17, 15) is 9.59 Å². The van der Waals surface area contributed by atoms with Crippen LogP contribution < -0.4 is 0 Å². The molecular formula is C17H22N6O3S. The van der Waals surface area contributed by atoms with Gasteiger partial charge in [0.25, 0.3) is 5.91 Å². The molecule has 4 heterocycles. The molecule has 10 heteroatoms. The number of ether oxygens (including phenoxy) is 1. The van der Waals surface area contributed by atoms with Crippen LogP contribution in [0.2, 0.25) is 0 Å². The first-order valence-corrected chi connectivity index (χ1v) is 9.90. The molecule has 2 aromatic heterocycles. The van der Waals surface area contributed by atoms with Crippen molar-refractivity contribution >= 4 is 23.3 Å². The van der Waals surface area contributed by atoms with Gasteiger partial charge in [-0.15, -0.1) is 11.3 Å². The highest BCUT2D eigenvalue weighted by atomic mass is 32.1. The summed E-state index contributed by atoms with van der Waals surface area (Å²) in [5, 5.41) is 7.18. The lowest BCUT2D eigenvalue weighted by Crippen LogP contribution is -2.49. The Morgan fingerprint density at radius 1 is 1.07 bits per heavy atom. The van der Waals surface area contributed by atoms with Crippen molar-refractivity contribution in [2.75, 3.05) is 52.5 Å². The molecule has 0 spiro atoms. The van der Waals surface area contributed by atoms with Gasteiger partial charge in [0.15, 0.2) is 0 Å². The average Bonchev–Trinajstić information content (AvgIpc) is 3.40. The molecule has 27 heavy (non-hydrogen) atoms. The summed E-state index contributed by atoms with van der Waals surface area (Å²) in [6.45, 7) is 5.91. The lowest BCUT2D eigenvalue weighted by atomic mass is 10.3. The summed E-state index contributed by atoms with van der Waals surface area (Å²) in [6.07, 6.45) is 4.81. The second-order valence-electron chi connectivity index (χ2n) is 6.55. The number of piperazine rings is 1. The van der Waals surface area contributed by atoms with Gasteiger partial charge in [0, 0.05) is 57.0 Å². The van der Waals surface area contributed by atoms with Crippen LogP contribution in [-0.2, 0) is 11.3 Å². The predicted octanol–water partition coefficient (Wildman–Crippen LogP) is 0.598. The maximum atomic E-state index is 12.7. The first-order valence-electron chi connectivity index (χ1n) is 9.02. The summed E-state index contributed by atoms with van der Waals surface area (Å²) in [6, 6.07) is -0.190. The molecule has 9 nitrogen and oxygen atoms in total. The SMILES string of the molecule is O=C(c1cnn(C(=O)N2CCN(Cc3nccs3)CC2)c1)N1CCOCC1. The molecule has 2 saturated heterocycles. The Kier molecular flexibility index (Phi) is 5.46. The van der Waals surface area contributed by atoms with E-state index in [4.69, 9.17) is 4.74 Å². The third-order valence-corrected chi connectivity index (χ3v) is 5.57. The molecule has 4 rings (SSSR count). The standard InChI is InChI=1S/C17H22N6O3S/c24-16(21-6-8-26-9-7-21)14-11-19-23(12-14)17(25)22-4-2-20(3-5-22)13-15-18-1-10-27-15/h1,10-12H,2-9,13H2. The molecule has 2 aliphatic rings. The molecule has 2 fully saturated rings. The smallest absolute Gasteiger partial charge is 0.344 e. The van der Waals surface area contributed by atoms with Crippen molar-refractivity contribution < 1.29 is 14.3 Å². The fraction of sp³-hybridized carbons (Fsp3) is 0.529. The summed E-state index contributed by atoms with van der Waals surface area (Å²) in [5.41, 5.74) is 0.438. The Balaban J connectivity index is 1.32. The number of hydrogen-bond donors (Lipinski definition) is 0. The van der Waals surface area contributed by atoms with Crippen LogP contribution in [0.25, 0.3) is 0 Å². The molecule has 0 bridgehead atoms. The van der Waals surface area contributed by atoms with Crippen LogP contribution in [0.15, 0.2) is 24.0 Å². The van der Waals surface area contributed by atoms with Crippen LogP contribution in [0.3, 0.4) is 0 Å². The second kappa shape index (κ2) is 8.15. The molecule has 2 amide bonds. The Morgan fingerprint density at radius 2 is 1.85 bits per heavy atom. The molecule has 0 radical (unpaired) electrons. The lowest BCUT2D eigenvalue weighted by Gasteiger charge is -2.33. The molecule has 0 atom stereocenters. The van der Waals surface area contributed by atoms with Crippen molar-refractivity contribution in [2.24, 2.45) is 0 Å². The molecule has 144 valence electrons. The number of morpholine rings is 1. The van der Waals surface area contributed by atoms with E-state index in [1.54, 1.807) is 21.1 Å². The van der Waals surface area contributed by atoms with Crippen molar-refractivity contribution in [2.45, 2.75) is 6.54 Å². The molecule has 0 saturated carbocycles. The van der Waals surface area contributed by atoms with Crippen LogP contribution in [0.1, 0.15) is 15.4 Å². The molecule has 0 N–H and O–H groups in total. The molecule has 0 aromatic carbocycles. The van der Waals surface area contributed by atoms with Gasteiger partial charge in [-0.3, -0.25) is 9.69 Å². The molecule has 2 aromatic rings. The first kappa shape index (κ1) is 18.1. The minimum atomic E-state index is -0.190. The zero-order chi connectivity index (χ0) is 18.6. The molecule has 0 unspecified atom stereocenters. The van der Waals surface area contributed by atoms with E-state index in [1.807, 2.05) is 11.6 Å². The quantitative estimate of drug-likeness (QED) is 0.763. The Hall–Kier alpha value is -2.30. The summed E-state index contributed by atoms with van der Waals surface area (Å²) in [7, 11) is 0. The van der Waals surface area contributed by atoms with Gasteiger partial charge in [0.1, 0.15) is 5.01 Å². The zero-order valence-electron chi connectivity index (χ0n) is 15.0. The van der Waals surface area contributed by atoms with Crippen LogP contribution >= 0.6 is 11.3 Å². The zero-order valence-corrected chi connectivity index (χ0v) is 15.8. The topological polar surface area (TPSA) is 83.8 Å². The van der Waals surface area contributed by atoms with Crippen molar-refractivity contribution in [1.29, 1.82) is 0 Å². The highest BCUT2D eigenvalue weighted by molar-refractivity contribution is 7.09.